The summed E-state index contributed by atoms with van der Waals surface area (Å²) >= 11 is 0. The SMILES string of the molecule is CCCCCCCCC(C(CCCCCCCC(=O)OO)S(=O)(=O)O)S(=O)(=O)O. The third kappa shape index (κ3) is 14.0. The molecule has 0 saturated carbocycles. The summed E-state index contributed by atoms with van der Waals surface area (Å²) in [6, 6.07) is 0. The maximum absolute atomic E-state index is 11.8. The van der Waals surface area contributed by atoms with Crippen LogP contribution in [0.3, 0.4) is 0 Å². The smallest absolute Gasteiger partial charge is 0.301 e. The van der Waals surface area contributed by atoms with E-state index in [4.69, 9.17) is 5.26 Å². The minimum Gasteiger partial charge on any atom is -0.301 e. The van der Waals surface area contributed by atoms with E-state index < -0.39 is 36.7 Å². The average molecular weight is 461 g/mol. The molecule has 11 heteroatoms. The van der Waals surface area contributed by atoms with Crippen LogP contribution in [0.2, 0.25) is 0 Å². The van der Waals surface area contributed by atoms with Gasteiger partial charge in [0.1, 0.15) is 10.5 Å². The molecule has 0 spiro atoms. The predicted octanol–water partition coefficient (Wildman–Crippen LogP) is 4.00. The molecule has 0 aromatic rings. The Hall–Kier alpha value is -0.750. The molecule has 2 atom stereocenters. The van der Waals surface area contributed by atoms with Gasteiger partial charge in [-0.05, 0) is 19.3 Å². The van der Waals surface area contributed by atoms with Gasteiger partial charge >= 0.3 is 5.97 Å². The van der Waals surface area contributed by atoms with Crippen LogP contribution in [-0.2, 0) is 29.9 Å². The van der Waals surface area contributed by atoms with Gasteiger partial charge in [-0.15, -0.1) is 0 Å². The molecular formula is C18H36O9S2. The molecule has 0 rings (SSSR count). The van der Waals surface area contributed by atoms with Crippen molar-refractivity contribution in [3.8, 4) is 0 Å². The molecular weight excluding hydrogens is 424 g/mol. The normalized spacial score (nSPS) is 14.5. The van der Waals surface area contributed by atoms with Crippen molar-refractivity contribution in [3.63, 3.8) is 0 Å². The quantitative estimate of drug-likeness (QED) is 0.119. The van der Waals surface area contributed by atoms with Crippen LogP contribution in [0.5, 0.6) is 0 Å². The molecule has 0 radical (unpaired) electrons. The molecule has 174 valence electrons. The van der Waals surface area contributed by atoms with Gasteiger partial charge in [0.15, 0.2) is 0 Å². The van der Waals surface area contributed by atoms with Gasteiger partial charge in [0, 0.05) is 6.42 Å². The molecule has 2 unspecified atom stereocenters. The van der Waals surface area contributed by atoms with E-state index in [1.165, 1.54) is 0 Å². The number of rotatable bonds is 18. The molecule has 29 heavy (non-hydrogen) atoms. The summed E-state index contributed by atoms with van der Waals surface area (Å²) in [4.78, 5) is 14.3. The first-order valence-corrected chi connectivity index (χ1v) is 13.3. The third-order valence-corrected chi connectivity index (χ3v) is 7.82. The van der Waals surface area contributed by atoms with Gasteiger partial charge in [-0.25, -0.2) is 4.79 Å². The molecule has 3 N–H and O–H groups in total. The Kier molecular flexibility index (Phi) is 14.7. The molecule has 9 nitrogen and oxygen atoms in total. The van der Waals surface area contributed by atoms with Crippen molar-refractivity contribution in [2.75, 3.05) is 0 Å². The predicted molar refractivity (Wildman–Crippen MR) is 110 cm³/mol. The van der Waals surface area contributed by atoms with E-state index in [1.54, 1.807) is 0 Å². The highest BCUT2D eigenvalue weighted by atomic mass is 32.2. The summed E-state index contributed by atoms with van der Waals surface area (Å²) in [5, 5.41) is 5.05. The first-order chi connectivity index (χ1) is 13.5. The van der Waals surface area contributed by atoms with Gasteiger partial charge in [0.2, 0.25) is 0 Å². The van der Waals surface area contributed by atoms with Crippen LogP contribution in [0, 0.1) is 0 Å². The standard InChI is InChI=1S/C18H36O9S2/c1-2-3-4-5-7-10-13-16(28(21,22)23)17(29(24,25)26)14-11-8-6-9-12-15-18(19)27-20/h16-17,20H,2-15H2,1H3,(H,21,22,23)(H,24,25,26). The molecule has 0 fully saturated rings. The fourth-order valence-electron chi connectivity index (χ4n) is 3.37. The molecule has 0 aliphatic carbocycles. The molecule has 0 aliphatic heterocycles. The number of unbranched alkanes of at least 4 members (excludes halogenated alkanes) is 9. The molecule has 0 saturated heterocycles. The topological polar surface area (TPSA) is 155 Å². The fraction of sp³-hybridized carbons (Fsp3) is 0.944. The van der Waals surface area contributed by atoms with Crippen molar-refractivity contribution in [1.29, 1.82) is 0 Å². The zero-order valence-corrected chi connectivity index (χ0v) is 18.8. The second-order valence-electron chi connectivity index (χ2n) is 7.43. The molecule has 0 aromatic heterocycles. The lowest BCUT2D eigenvalue weighted by molar-refractivity contribution is -0.234. The van der Waals surface area contributed by atoms with Crippen molar-refractivity contribution in [3.05, 3.63) is 0 Å². The van der Waals surface area contributed by atoms with Gasteiger partial charge in [-0.3, -0.25) is 9.11 Å². The summed E-state index contributed by atoms with van der Waals surface area (Å²) in [7, 11) is -9.26. The first-order valence-electron chi connectivity index (χ1n) is 10.3. The number of carbonyl (C=O) groups excluding carboxylic acids is 1. The third-order valence-electron chi connectivity index (χ3n) is 4.99. The van der Waals surface area contributed by atoms with Crippen molar-refractivity contribution < 1.29 is 40.9 Å². The highest BCUT2D eigenvalue weighted by molar-refractivity contribution is 7.90. The van der Waals surface area contributed by atoms with Crippen LogP contribution in [-0.4, -0.2) is 47.7 Å². The lowest BCUT2D eigenvalue weighted by Gasteiger charge is -2.22. The summed E-state index contributed by atoms with van der Waals surface area (Å²) in [5.74, 6) is -0.720. The van der Waals surface area contributed by atoms with Gasteiger partial charge in [0.05, 0.1) is 0 Å². The van der Waals surface area contributed by atoms with E-state index in [9.17, 15) is 30.7 Å². The molecule has 0 aromatic carbocycles. The number of carbonyl (C=O) groups is 1. The van der Waals surface area contributed by atoms with Crippen LogP contribution < -0.4 is 0 Å². The monoisotopic (exact) mass is 460 g/mol. The second-order valence-corrected chi connectivity index (χ2v) is 10.7. The first kappa shape index (κ1) is 28.2. The van der Waals surface area contributed by atoms with E-state index in [0.29, 0.717) is 38.5 Å². The van der Waals surface area contributed by atoms with Crippen LogP contribution in [0.1, 0.15) is 96.8 Å². The van der Waals surface area contributed by atoms with E-state index in [0.717, 1.165) is 32.1 Å². The Morgan fingerprint density at radius 1 is 0.724 bits per heavy atom. The zero-order valence-electron chi connectivity index (χ0n) is 17.2. The largest absolute Gasteiger partial charge is 0.342 e. The van der Waals surface area contributed by atoms with Crippen LogP contribution in [0.15, 0.2) is 0 Å². The Balaban J connectivity index is 4.61. The summed E-state index contributed by atoms with van der Waals surface area (Å²) < 4.78 is 66.1. The summed E-state index contributed by atoms with van der Waals surface area (Å²) in [6.45, 7) is 2.08. The van der Waals surface area contributed by atoms with Crippen molar-refractivity contribution in [2.45, 2.75) is 107 Å². The zero-order chi connectivity index (χ0) is 22.3. The van der Waals surface area contributed by atoms with Crippen LogP contribution >= 0.6 is 0 Å². The highest BCUT2D eigenvalue weighted by Crippen LogP contribution is 2.24. The summed E-state index contributed by atoms with van der Waals surface area (Å²) in [6.07, 6.45) is 8.04. The minimum absolute atomic E-state index is 0.0152. The van der Waals surface area contributed by atoms with E-state index in [-0.39, 0.29) is 19.3 Å². The lowest BCUT2D eigenvalue weighted by atomic mass is 10.0. The lowest BCUT2D eigenvalue weighted by Crippen LogP contribution is -2.39. The van der Waals surface area contributed by atoms with Gasteiger partial charge in [0.25, 0.3) is 20.2 Å². The highest BCUT2D eigenvalue weighted by Gasteiger charge is 2.39. The average Bonchev–Trinajstić information content (AvgIpc) is 2.62. The van der Waals surface area contributed by atoms with Crippen molar-refractivity contribution in [2.24, 2.45) is 0 Å². The van der Waals surface area contributed by atoms with E-state index >= 15 is 0 Å². The minimum atomic E-state index is -4.64. The van der Waals surface area contributed by atoms with Crippen molar-refractivity contribution >= 4 is 26.2 Å². The number of hydrogen-bond acceptors (Lipinski definition) is 7. The Bertz CT molecular complexity index is 644. The Labute approximate surface area is 174 Å². The maximum atomic E-state index is 11.8. The van der Waals surface area contributed by atoms with Gasteiger partial charge in [-0.2, -0.15) is 22.1 Å². The van der Waals surface area contributed by atoms with Crippen LogP contribution in [0.25, 0.3) is 0 Å². The Morgan fingerprint density at radius 3 is 1.48 bits per heavy atom. The van der Waals surface area contributed by atoms with Crippen molar-refractivity contribution in [1.82, 2.24) is 0 Å². The fourth-order valence-corrected chi connectivity index (χ4v) is 6.18. The Morgan fingerprint density at radius 2 is 1.10 bits per heavy atom. The molecule has 0 amide bonds. The molecule has 0 bridgehead atoms. The second kappa shape index (κ2) is 15.1. The number of hydrogen-bond donors (Lipinski definition) is 3. The van der Waals surface area contributed by atoms with Gasteiger partial charge < -0.3 is 4.89 Å². The van der Waals surface area contributed by atoms with E-state index in [2.05, 4.69) is 11.8 Å². The molecule has 0 aliphatic rings. The van der Waals surface area contributed by atoms with E-state index in [1.807, 2.05) is 0 Å². The van der Waals surface area contributed by atoms with Crippen LogP contribution in [0.4, 0.5) is 0 Å². The van der Waals surface area contributed by atoms with Gasteiger partial charge in [-0.1, -0.05) is 71.1 Å². The molecule has 0 heterocycles. The summed E-state index contributed by atoms with van der Waals surface area (Å²) in [5.41, 5.74) is 0. The maximum Gasteiger partial charge on any atom is 0.342 e.